The summed E-state index contributed by atoms with van der Waals surface area (Å²) in [4.78, 5) is 8.45. The Hall–Kier alpha value is -1.68. The Morgan fingerprint density at radius 3 is 2.50 bits per heavy atom. The fourth-order valence-corrected chi connectivity index (χ4v) is 1.76. The van der Waals surface area contributed by atoms with Gasteiger partial charge in [-0.15, -0.1) is 0 Å². The Morgan fingerprint density at radius 2 is 1.85 bits per heavy atom. The van der Waals surface area contributed by atoms with E-state index in [9.17, 15) is 4.39 Å². The largest absolute Gasteiger partial charge is 0.436 e. The van der Waals surface area contributed by atoms with Gasteiger partial charge < -0.3 is 4.74 Å². The quantitative estimate of drug-likeness (QED) is 0.755. The van der Waals surface area contributed by atoms with E-state index < -0.39 is 5.82 Å². The maximum atomic E-state index is 13.7. The van der Waals surface area contributed by atoms with Crippen LogP contribution in [-0.2, 0) is 5.41 Å². The average molecular weight is 295 g/mol. The van der Waals surface area contributed by atoms with Gasteiger partial charge in [-0.2, -0.15) is 4.98 Å². The van der Waals surface area contributed by atoms with E-state index in [1.807, 2.05) is 27.7 Å². The number of rotatable bonds is 2. The molecule has 106 valence electrons. The first-order valence-electron chi connectivity index (χ1n) is 6.25. The molecule has 0 amide bonds. The molecule has 0 N–H and O–H groups in total. The number of halogens is 2. The van der Waals surface area contributed by atoms with Crippen LogP contribution in [0.1, 0.15) is 32.2 Å². The van der Waals surface area contributed by atoms with Gasteiger partial charge in [-0.1, -0.05) is 38.4 Å². The molecular formula is C15H16ClFN2O. The van der Waals surface area contributed by atoms with E-state index in [1.54, 1.807) is 12.1 Å². The maximum absolute atomic E-state index is 13.7. The summed E-state index contributed by atoms with van der Waals surface area (Å²) in [6, 6.07) is 6.12. The van der Waals surface area contributed by atoms with Gasteiger partial charge in [0.25, 0.3) is 0 Å². The predicted molar refractivity (Wildman–Crippen MR) is 77.0 cm³/mol. The zero-order valence-corrected chi connectivity index (χ0v) is 12.6. The fourth-order valence-electron chi connectivity index (χ4n) is 1.59. The Balaban J connectivity index is 2.39. The Morgan fingerprint density at radius 1 is 1.15 bits per heavy atom. The monoisotopic (exact) mass is 294 g/mol. The Kier molecular flexibility index (Phi) is 3.95. The van der Waals surface area contributed by atoms with Crippen molar-refractivity contribution < 1.29 is 9.13 Å². The summed E-state index contributed by atoms with van der Waals surface area (Å²) in [5, 5.41) is 0.271. The number of aromatic nitrogens is 2. The molecule has 1 aromatic heterocycles. The van der Waals surface area contributed by atoms with Crippen molar-refractivity contribution in [3.63, 3.8) is 0 Å². The molecule has 0 fully saturated rings. The standard InChI is InChI=1S/C15H16ClFN2O/c1-9-5-6-10(17)11(7-9)20-13-8-12(16)18-14(19-13)15(2,3)4/h5-8H,1-4H3. The SMILES string of the molecule is Cc1ccc(F)c(Oc2cc(Cl)nc(C(C)(C)C)n2)c1. The molecular weight excluding hydrogens is 279 g/mol. The lowest BCUT2D eigenvalue weighted by Gasteiger charge is -2.17. The second kappa shape index (κ2) is 5.37. The third-order valence-corrected chi connectivity index (χ3v) is 2.84. The van der Waals surface area contributed by atoms with Gasteiger partial charge in [0.1, 0.15) is 11.0 Å². The Labute approximate surface area is 122 Å². The summed E-state index contributed by atoms with van der Waals surface area (Å²) < 4.78 is 19.2. The molecule has 0 atom stereocenters. The molecule has 2 rings (SSSR count). The molecule has 1 aromatic carbocycles. The third-order valence-electron chi connectivity index (χ3n) is 2.64. The fraction of sp³-hybridized carbons (Fsp3) is 0.333. The highest BCUT2D eigenvalue weighted by Crippen LogP contribution is 2.28. The number of nitrogens with zero attached hydrogens (tertiary/aromatic N) is 2. The van der Waals surface area contributed by atoms with E-state index >= 15 is 0 Å². The highest BCUT2D eigenvalue weighted by molar-refractivity contribution is 6.29. The first-order valence-corrected chi connectivity index (χ1v) is 6.62. The molecule has 0 saturated carbocycles. The molecule has 0 bridgehead atoms. The number of benzene rings is 1. The average Bonchev–Trinajstić information content (AvgIpc) is 2.32. The van der Waals surface area contributed by atoms with Crippen molar-refractivity contribution in [3.8, 4) is 11.6 Å². The summed E-state index contributed by atoms with van der Waals surface area (Å²) in [5.41, 5.74) is 0.631. The molecule has 0 unspecified atom stereocenters. The van der Waals surface area contributed by atoms with Crippen LogP contribution in [0.2, 0.25) is 5.15 Å². The van der Waals surface area contributed by atoms with Gasteiger partial charge in [-0.25, -0.2) is 9.37 Å². The van der Waals surface area contributed by atoms with E-state index in [0.717, 1.165) is 5.56 Å². The summed E-state index contributed by atoms with van der Waals surface area (Å²) in [5.74, 6) is 0.467. The summed E-state index contributed by atoms with van der Waals surface area (Å²) in [7, 11) is 0. The zero-order valence-electron chi connectivity index (χ0n) is 11.9. The molecule has 3 nitrogen and oxygen atoms in total. The molecule has 2 aromatic rings. The first kappa shape index (κ1) is 14.7. The van der Waals surface area contributed by atoms with Crippen molar-refractivity contribution in [1.82, 2.24) is 9.97 Å². The lowest BCUT2D eigenvalue weighted by atomic mass is 9.96. The number of hydrogen-bond donors (Lipinski definition) is 0. The highest BCUT2D eigenvalue weighted by atomic mass is 35.5. The van der Waals surface area contributed by atoms with Crippen molar-refractivity contribution >= 4 is 11.6 Å². The van der Waals surface area contributed by atoms with Crippen molar-refractivity contribution in [2.75, 3.05) is 0 Å². The summed E-state index contributed by atoms with van der Waals surface area (Å²) in [6.45, 7) is 7.76. The van der Waals surface area contributed by atoms with Crippen molar-refractivity contribution in [3.05, 3.63) is 46.6 Å². The van der Waals surface area contributed by atoms with Crippen LogP contribution in [0.25, 0.3) is 0 Å². The lowest BCUT2D eigenvalue weighted by molar-refractivity contribution is 0.417. The second-order valence-electron chi connectivity index (χ2n) is 5.64. The van der Waals surface area contributed by atoms with Crippen molar-refractivity contribution in [2.24, 2.45) is 0 Å². The van der Waals surface area contributed by atoms with E-state index in [4.69, 9.17) is 16.3 Å². The molecule has 0 aliphatic heterocycles. The highest BCUT2D eigenvalue weighted by Gasteiger charge is 2.19. The molecule has 5 heteroatoms. The second-order valence-corrected chi connectivity index (χ2v) is 6.03. The Bertz CT molecular complexity index is 638. The normalized spacial score (nSPS) is 11.5. The molecule has 0 aliphatic carbocycles. The van der Waals surface area contributed by atoms with Crippen LogP contribution in [0.5, 0.6) is 11.6 Å². The topological polar surface area (TPSA) is 35.0 Å². The minimum Gasteiger partial charge on any atom is -0.436 e. The van der Waals surface area contributed by atoms with Gasteiger partial charge in [0, 0.05) is 11.5 Å². The minimum atomic E-state index is -0.442. The van der Waals surface area contributed by atoms with Gasteiger partial charge in [-0.3, -0.25) is 0 Å². The molecule has 0 spiro atoms. The lowest BCUT2D eigenvalue weighted by Crippen LogP contribution is -2.16. The number of hydrogen-bond acceptors (Lipinski definition) is 3. The first-order chi connectivity index (χ1) is 9.25. The van der Waals surface area contributed by atoms with E-state index in [2.05, 4.69) is 9.97 Å². The van der Waals surface area contributed by atoms with Crippen molar-refractivity contribution in [2.45, 2.75) is 33.1 Å². The maximum Gasteiger partial charge on any atom is 0.224 e. The van der Waals surface area contributed by atoms with Crippen LogP contribution >= 0.6 is 11.6 Å². The predicted octanol–water partition coefficient (Wildman–Crippen LogP) is 4.67. The van der Waals surface area contributed by atoms with Crippen LogP contribution < -0.4 is 4.74 Å². The van der Waals surface area contributed by atoms with E-state index in [-0.39, 0.29) is 22.2 Å². The number of ether oxygens (including phenoxy) is 1. The zero-order chi connectivity index (χ0) is 14.9. The van der Waals surface area contributed by atoms with Crippen LogP contribution in [-0.4, -0.2) is 9.97 Å². The third kappa shape index (κ3) is 3.45. The molecule has 1 heterocycles. The van der Waals surface area contributed by atoms with Crippen LogP contribution in [0, 0.1) is 12.7 Å². The summed E-state index contributed by atoms with van der Waals surface area (Å²) >= 11 is 5.97. The van der Waals surface area contributed by atoms with Gasteiger partial charge in [-0.05, 0) is 24.6 Å². The van der Waals surface area contributed by atoms with Gasteiger partial charge in [0.15, 0.2) is 11.6 Å². The molecule has 0 aliphatic rings. The van der Waals surface area contributed by atoms with Crippen LogP contribution in [0.4, 0.5) is 4.39 Å². The molecule has 0 saturated heterocycles. The summed E-state index contributed by atoms with van der Waals surface area (Å²) in [6.07, 6.45) is 0. The molecule has 0 radical (unpaired) electrons. The molecule has 20 heavy (non-hydrogen) atoms. The number of aryl methyl sites for hydroxylation is 1. The van der Waals surface area contributed by atoms with Crippen LogP contribution in [0.3, 0.4) is 0 Å². The smallest absolute Gasteiger partial charge is 0.224 e. The van der Waals surface area contributed by atoms with Gasteiger partial charge in [0.05, 0.1) is 0 Å². The van der Waals surface area contributed by atoms with Crippen LogP contribution in [0.15, 0.2) is 24.3 Å². The van der Waals surface area contributed by atoms with Crippen molar-refractivity contribution in [1.29, 1.82) is 0 Å². The van der Waals surface area contributed by atoms with Gasteiger partial charge in [0.2, 0.25) is 5.88 Å². The van der Waals surface area contributed by atoms with E-state index in [0.29, 0.717) is 5.82 Å². The minimum absolute atomic E-state index is 0.125. The van der Waals surface area contributed by atoms with E-state index in [1.165, 1.54) is 12.1 Å². The van der Waals surface area contributed by atoms with Gasteiger partial charge >= 0.3 is 0 Å².